The van der Waals surface area contributed by atoms with Gasteiger partial charge < -0.3 is 4.74 Å². The Labute approximate surface area is 119 Å². The van der Waals surface area contributed by atoms with Crippen LogP contribution >= 0.6 is 0 Å². The SMILES string of the molecule is C[CH]Oc1ccc(C(C)(C)CC)cc1C(C)(C)CC. The van der Waals surface area contributed by atoms with E-state index < -0.39 is 0 Å². The molecule has 1 rings (SSSR count). The van der Waals surface area contributed by atoms with Crippen molar-refractivity contribution in [3.8, 4) is 5.75 Å². The quantitative estimate of drug-likeness (QED) is 0.645. The van der Waals surface area contributed by atoms with Crippen molar-refractivity contribution in [1.29, 1.82) is 0 Å². The van der Waals surface area contributed by atoms with Gasteiger partial charge in [-0.3, -0.25) is 0 Å². The summed E-state index contributed by atoms with van der Waals surface area (Å²) in [4.78, 5) is 0. The summed E-state index contributed by atoms with van der Waals surface area (Å²) in [5.41, 5.74) is 3.06. The van der Waals surface area contributed by atoms with Crippen LogP contribution < -0.4 is 4.74 Å². The van der Waals surface area contributed by atoms with Gasteiger partial charge in [0, 0.05) is 5.56 Å². The summed E-state index contributed by atoms with van der Waals surface area (Å²) in [6, 6.07) is 6.67. The van der Waals surface area contributed by atoms with Crippen molar-refractivity contribution in [2.24, 2.45) is 0 Å². The molecule has 107 valence electrons. The average Bonchev–Trinajstić information content (AvgIpc) is 2.39. The Hall–Kier alpha value is -0.980. The first-order chi connectivity index (χ1) is 8.78. The van der Waals surface area contributed by atoms with E-state index in [4.69, 9.17) is 4.74 Å². The van der Waals surface area contributed by atoms with Gasteiger partial charge in [0.15, 0.2) is 0 Å². The van der Waals surface area contributed by atoms with Crippen LogP contribution in [0.25, 0.3) is 0 Å². The molecule has 0 N–H and O–H groups in total. The molecule has 0 unspecified atom stereocenters. The van der Waals surface area contributed by atoms with Crippen molar-refractivity contribution in [3.05, 3.63) is 35.9 Å². The number of hydrogen-bond donors (Lipinski definition) is 0. The summed E-state index contributed by atoms with van der Waals surface area (Å²) in [6.45, 7) is 17.3. The van der Waals surface area contributed by atoms with Crippen molar-refractivity contribution in [2.75, 3.05) is 0 Å². The largest absolute Gasteiger partial charge is 0.487 e. The molecular weight excluding hydrogens is 232 g/mol. The maximum Gasteiger partial charge on any atom is 0.132 e. The first kappa shape index (κ1) is 16.1. The molecule has 1 aromatic carbocycles. The van der Waals surface area contributed by atoms with Crippen LogP contribution in [0, 0.1) is 6.61 Å². The summed E-state index contributed by atoms with van der Waals surface area (Å²) in [7, 11) is 0. The van der Waals surface area contributed by atoms with E-state index in [0.29, 0.717) is 0 Å². The molecule has 0 atom stereocenters. The molecule has 0 saturated heterocycles. The Morgan fingerprint density at radius 1 is 1.00 bits per heavy atom. The number of hydrogen-bond acceptors (Lipinski definition) is 1. The highest BCUT2D eigenvalue weighted by Crippen LogP contribution is 2.38. The van der Waals surface area contributed by atoms with Gasteiger partial charge >= 0.3 is 0 Å². The lowest BCUT2D eigenvalue weighted by Gasteiger charge is -2.30. The summed E-state index contributed by atoms with van der Waals surface area (Å²) in [5, 5.41) is 0. The fourth-order valence-corrected chi connectivity index (χ4v) is 2.10. The van der Waals surface area contributed by atoms with Gasteiger partial charge in [0.25, 0.3) is 0 Å². The van der Waals surface area contributed by atoms with Crippen LogP contribution in [-0.2, 0) is 10.8 Å². The Balaban J connectivity index is 3.34. The summed E-state index contributed by atoms with van der Waals surface area (Å²) in [6.07, 6.45) is 2.24. The van der Waals surface area contributed by atoms with E-state index in [1.54, 1.807) is 6.61 Å². The smallest absolute Gasteiger partial charge is 0.132 e. The Morgan fingerprint density at radius 2 is 1.58 bits per heavy atom. The van der Waals surface area contributed by atoms with Gasteiger partial charge in [-0.1, -0.05) is 53.7 Å². The standard InChI is InChI=1S/C18H29O/c1-8-17(4,5)14-11-12-16(19-10-3)15(13-14)18(6,7)9-2/h10-13H,8-9H2,1-7H3. The molecule has 0 aliphatic carbocycles. The third-order valence-electron chi connectivity index (χ3n) is 4.50. The minimum Gasteiger partial charge on any atom is -0.487 e. The first-order valence-corrected chi connectivity index (χ1v) is 7.38. The zero-order valence-corrected chi connectivity index (χ0v) is 13.6. The van der Waals surface area contributed by atoms with E-state index in [2.05, 4.69) is 59.7 Å². The Morgan fingerprint density at radius 3 is 2.05 bits per heavy atom. The molecule has 0 aliphatic rings. The van der Waals surface area contributed by atoms with Crippen LogP contribution in [0.2, 0.25) is 0 Å². The van der Waals surface area contributed by atoms with E-state index in [1.165, 1.54) is 11.1 Å². The van der Waals surface area contributed by atoms with Gasteiger partial charge in [-0.15, -0.1) is 0 Å². The fourth-order valence-electron chi connectivity index (χ4n) is 2.10. The van der Waals surface area contributed by atoms with E-state index in [0.717, 1.165) is 18.6 Å². The Bertz CT molecular complexity index is 416. The zero-order chi connectivity index (χ0) is 14.7. The van der Waals surface area contributed by atoms with Crippen molar-refractivity contribution < 1.29 is 4.74 Å². The zero-order valence-electron chi connectivity index (χ0n) is 13.6. The lowest BCUT2D eigenvalue weighted by molar-refractivity contribution is 0.389. The van der Waals surface area contributed by atoms with Crippen LogP contribution in [-0.4, -0.2) is 0 Å². The molecule has 0 saturated carbocycles. The summed E-state index contributed by atoms with van der Waals surface area (Å²) < 4.78 is 5.70. The van der Waals surface area contributed by atoms with Crippen molar-refractivity contribution >= 4 is 0 Å². The third kappa shape index (κ3) is 3.52. The minimum atomic E-state index is 0.137. The lowest BCUT2D eigenvalue weighted by atomic mass is 9.76. The number of rotatable bonds is 6. The van der Waals surface area contributed by atoms with Crippen molar-refractivity contribution in [1.82, 2.24) is 0 Å². The monoisotopic (exact) mass is 261 g/mol. The maximum atomic E-state index is 5.70. The minimum absolute atomic E-state index is 0.137. The molecule has 0 fully saturated rings. The normalized spacial score (nSPS) is 12.6. The van der Waals surface area contributed by atoms with Crippen LogP contribution in [0.1, 0.15) is 72.4 Å². The second-order valence-corrected chi connectivity index (χ2v) is 6.54. The predicted octanol–water partition coefficient (Wildman–Crippen LogP) is 5.62. The van der Waals surface area contributed by atoms with E-state index in [9.17, 15) is 0 Å². The topological polar surface area (TPSA) is 9.23 Å². The summed E-state index contributed by atoms with van der Waals surface area (Å²) in [5.74, 6) is 0.991. The third-order valence-corrected chi connectivity index (χ3v) is 4.50. The highest BCUT2D eigenvalue weighted by Gasteiger charge is 2.26. The van der Waals surface area contributed by atoms with Gasteiger partial charge in [0.05, 0.1) is 0 Å². The maximum absolute atomic E-state index is 5.70. The lowest BCUT2D eigenvalue weighted by Crippen LogP contribution is -2.20. The van der Waals surface area contributed by atoms with Crippen molar-refractivity contribution in [3.63, 3.8) is 0 Å². The first-order valence-electron chi connectivity index (χ1n) is 7.38. The summed E-state index contributed by atoms with van der Waals surface area (Å²) >= 11 is 0. The van der Waals surface area contributed by atoms with E-state index >= 15 is 0 Å². The van der Waals surface area contributed by atoms with Crippen LogP contribution in [0.3, 0.4) is 0 Å². The van der Waals surface area contributed by atoms with E-state index in [-0.39, 0.29) is 10.8 Å². The van der Waals surface area contributed by atoms with Gasteiger partial charge in [-0.25, -0.2) is 0 Å². The Kier molecular flexibility index (Phi) is 5.06. The second-order valence-electron chi connectivity index (χ2n) is 6.54. The molecule has 19 heavy (non-hydrogen) atoms. The fraction of sp³-hybridized carbons (Fsp3) is 0.611. The molecule has 1 nitrogen and oxygen atoms in total. The second kappa shape index (κ2) is 5.98. The molecule has 0 heterocycles. The van der Waals surface area contributed by atoms with Crippen LogP contribution in [0.15, 0.2) is 18.2 Å². The highest BCUT2D eigenvalue weighted by molar-refractivity contribution is 5.44. The number of ether oxygens (including phenoxy) is 1. The molecule has 1 heteroatoms. The number of benzene rings is 1. The van der Waals surface area contributed by atoms with Crippen LogP contribution in [0.4, 0.5) is 0 Å². The molecule has 0 aliphatic heterocycles. The molecule has 0 aromatic heterocycles. The average molecular weight is 261 g/mol. The van der Waals surface area contributed by atoms with Gasteiger partial charge in [0.1, 0.15) is 12.4 Å². The molecule has 0 spiro atoms. The van der Waals surface area contributed by atoms with Gasteiger partial charge in [-0.2, -0.15) is 0 Å². The van der Waals surface area contributed by atoms with Gasteiger partial charge in [0.2, 0.25) is 0 Å². The predicted molar refractivity (Wildman–Crippen MR) is 83.7 cm³/mol. The van der Waals surface area contributed by atoms with Crippen LogP contribution in [0.5, 0.6) is 5.75 Å². The van der Waals surface area contributed by atoms with E-state index in [1.807, 2.05) is 6.92 Å². The van der Waals surface area contributed by atoms with Crippen molar-refractivity contribution in [2.45, 2.75) is 72.1 Å². The molecule has 1 radical (unpaired) electrons. The molecule has 0 bridgehead atoms. The molecular formula is C18H29O. The van der Waals surface area contributed by atoms with Gasteiger partial charge in [-0.05, 0) is 42.2 Å². The molecule has 0 amide bonds. The highest BCUT2D eigenvalue weighted by atomic mass is 16.5. The molecule has 1 aromatic rings.